The highest BCUT2D eigenvalue weighted by molar-refractivity contribution is 5.19. The van der Waals surface area contributed by atoms with Gasteiger partial charge in [0.05, 0.1) is 6.61 Å². The first-order valence-electron chi connectivity index (χ1n) is 6.40. The Kier molecular flexibility index (Phi) is 6.86. The Morgan fingerprint density at radius 1 is 1.28 bits per heavy atom. The van der Waals surface area contributed by atoms with E-state index in [1.165, 1.54) is 12.1 Å². The number of rotatable bonds is 8. The van der Waals surface area contributed by atoms with Crippen molar-refractivity contribution in [3.05, 3.63) is 35.6 Å². The summed E-state index contributed by atoms with van der Waals surface area (Å²) in [6.07, 6.45) is 0.855. The molecule has 0 aromatic heterocycles. The number of nitrogens with zero attached hydrogens (tertiary/aromatic N) is 1. The Bertz CT molecular complexity index is 329. The average Bonchev–Trinajstić information content (AvgIpc) is 2.37. The summed E-state index contributed by atoms with van der Waals surface area (Å²) >= 11 is 0. The van der Waals surface area contributed by atoms with Gasteiger partial charge in [0.25, 0.3) is 0 Å². The van der Waals surface area contributed by atoms with E-state index in [0.717, 1.165) is 38.3 Å². The van der Waals surface area contributed by atoms with Gasteiger partial charge in [-0.2, -0.15) is 0 Å². The smallest absolute Gasteiger partial charge is 0.123 e. The van der Waals surface area contributed by atoms with Crippen LogP contribution in [0.4, 0.5) is 4.39 Å². The molecule has 1 unspecified atom stereocenters. The fraction of sp³-hybridized carbons (Fsp3) is 0.571. The fourth-order valence-corrected chi connectivity index (χ4v) is 1.71. The third-order valence-corrected chi connectivity index (χ3v) is 2.94. The highest BCUT2D eigenvalue weighted by Gasteiger charge is 2.07. The van der Waals surface area contributed by atoms with Gasteiger partial charge in [0.15, 0.2) is 0 Å². The van der Waals surface area contributed by atoms with Crippen LogP contribution in [0.2, 0.25) is 0 Å². The molecule has 0 aliphatic rings. The van der Waals surface area contributed by atoms with Crippen molar-refractivity contribution < 1.29 is 9.13 Å². The lowest BCUT2D eigenvalue weighted by Crippen LogP contribution is -2.27. The number of halogens is 1. The van der Waals surface area contributed by atoms with Gasteiger partial charge in [0, 0.05) is 19.2 Å². The van der Waals surface area contributed by atoms with Crippen molar-refractivity contribution in [3.63, 3.8) is 0 Å². The molecule has 102 valence electrons. The van der Waals surface area contributed by atoms with Crippen LogP contribution < -0.4 is 5.73 Å². The van der Waals surface area contributed by atoms with E-state index in [2.05, 4.69) is 11.9 Å². The van der Waals surface area contributed by atoms with Crippen molar-refractivity contribution in [2.75, 3.05) is 33.4 Å². The van der Waals surface area contributed by atoms with E-state index in [1.54, 1.807) is 12.1 Å². The molecule has 4 heteroatoms. The van der Waals surface area contributed by atoms with E-state index in [-0.39, 0.29) is 11.9 Å². The van der Waals surface area contributed by atoms with Gasteiger partial charge < -0.3 is 15.4 Å². The molecule has 0 amide bonds. The summed E-state index contributed by atoms with van der Waals surface area (Å²) in [5.41, 5.74) is 7.05. The molecule has 3 nitrogen and oxygen atoms in total. The van der Waals surface area contributed by atoms with E-state index in [9.17, 15) is 4.39 Å². The van der Waals surface area contributed by atoms with E-state index < -0.39 is 0 Å². The molecule has 0 fully saturated rings. The minimum Gasteiger partial charge on any atom is -0.380 e. The zero-order valence-corrected chi connectivity index (χ0v) is 11.2. The Labute approximate surface area is 109 Å². The maximum atomic E-state index is 12.8. The molecule has 0 saturated heterocycles. The second-order valence-corrected chi connectivity index (χ2v) is 4.45. The number of hydrogen-bond donors (Lipinski definition) is 1. The molecule has 0 aliphatic heterocycles. The van der Waals surface area contributed by atoms with E-state index in [1.807, 2.05) is 6.92 Å². The number of nitrogens with two attached hydrogens (primary N) is 1. The first-order valence-corrected chi connectivity index (χ1v) is 6.40. The molecule has 2 N–H and O–H groups in total. The predicted molar refractivity (Wildman–Crippen MR) is 71.9 cm³/mol. The minimum absolute atomic E-state index is 0.0415. The Morgan fingerprint density at radius 3 is 2.56 bits per heavy atom. The third kappa shape index (κ3) is 5.58. The molecule has 1 atom stereocenters. The molecule has 1 rings (SSSR count). The first-order chi connectivity index (χ1) is 8.63. The van der Waals surface area contributed by atoms with Crippen molar-refractivity contribution in [1.82, 2.24) is 4.90 Å². The summed E-state index contributed by atoms with van der Waals surface area (Å²) in [5.74, 6) is -0.222. The molecular weight excluding hydrogens is 231 g/mol. The third-order valence-electron chi connectivity index (χ3n) is 2.94. The number of likely N-dealkylation sites (N-methyl/N-ethyl adjacent to an activating group) is 1. The van der Waals surface area contributed by atoms with Crippen LogP contribution >= 0.6 is 0 Å². The topological polar surface area (TPSA) is 38.5 Å². The SMILES string of the molecule is CCOCCN(C)CCC(N)c1ccc(F)cc1. The van der Waals surface area contributed by atoms with Crippen molar-refractivity contribution in [1.29, 1.82) is 0 Å². The average molecular weight is 254 g/mol. The number of hydrogen-bond acceptors (Lipinski definition) is 3. The summed E-state index contributed by atoms with van der Waals surface area (Å²) in [5, 5.41) is 0. The van der Waals surface area contributed by atoms with Gasteiger partial charge in [-0.25, -0.2) is 4.39 Å². The van der Waals surface area contributed by atoms with Crippen LogP contribution in [0.25, 0.3) is 0 Å². The second-order valence-electron chi connectivity index (χ2n) is 4.45. The van der Waals surface area contributed by atoms with Gasteiger partial charge in [0.2, 0.25) is 0 Å². The quantitative estimate of drug-likeness (QED) is 0.723. The Balaban J connectivity index is 2.27. The molecule has 0 bridgehead atoms. The van der Waals surface area contributed by atoms with Crippen molar-refractivity contribution in [2.24, 2.45) is 5.73 Å². The Hall–Kier alpha value is -0.970. The lowest BCUT2D eigenvalue weighted by atomic mass is 10.0. The summed E-state index contributed by atoms with van der Waals surface area (Å²) < 4.78 is 18.1. The second kappa shape index (κ2) is 8.19. The summed E-state index contributed by atoms with van der Waals surface area (Å²) in [6.45, 7) is 5.31. The lowest BCUT2D eigenvalue weighted by molar-refractivity contribution is 0.121. The molecule has 1 aromatic carbocycles. The van der Waals surface area contributed by atoms with Gasteiger partial charge in [-0.15, -0.1) is 0 Å². The highest BCUT2D eigenvalue weighted by atomic mass is 19.1. The van der Waals surface area contributed by atoms with Crippen molar-refractivity contribution >= 4 is 0 Å². The molecular formula is C14H23FN2O. The van der Waals surface area contributed by atoms with Crippen LogP contribution in [-0.4, -0.2) is 38.3 Å². The van der Waals surface area contributed by atoms with Crippen LogP contribution in [0.5, 0.6) is 0 Å². The van der Waals surface area contributed by atoms with Gasteiger partial charge in [-0.1, -0.05) is 12.1 Å². The van der Waals surface area contributed by atoms with Crippen molar-refractivity contribution in [3.8, 4) is 0 Å². The molecule has 0 aliphatic carbocycles. The maximum Gasteiger partial charge on any atom is 0.123 e. The van der Waals surface area contributed by atoms with Crippen LogP contribution in [0.3, 0.4) is 0 Å². The summed E-state index contributed by atoms with van der Waals surface area (Å²) in [7, 11) is 2.05. The van der Waals surface area contributed by atoms with E-state index in [4.69, 9.17) is 10.5 Å². The predicted octanol–water partition coefficient (Wildman–Crippen LogP) is 2.18. The van der Waals surface area contributed by atoms with Gasteiger partial charge in [-0.05, 0) is 44.6 Å². The van der Waals surface area contributed by atoms with Crippen LogP contribution in [-0.2, 0) is 4.74 Å². The van der Waals surface area contributed by atoms with Gasteiger partial charge in [0.1, 0.15) is 5.82 Å². The monoisotopic (exact) mass is 254 g/mol. The fourth-order valence-electron chi connectivity index (χ4n) is 1.71. The van der Waals surface area contributed by atoms with E-state index >= 15 is 0 Å². The largest absolute Gasteiger partial charge is 0.380 e. The number of benzene rings is 1. The maximum absolute atomic E-state index is 12.8. The zero-order chi connectivity index (χ0) is 13.4. The molecule has 0 radical (unpaired) electrons. The van der Waals surface area contributed by atoms with Gasteiger partial charge >= 0.3 is 0 Å². The number of ether oxygens (including phenoxy) is 1. The summed E-state index contributed by atoms with van der Waals surface area (Å²) in [6, 6.07) is 6.36. The molecule has 18 heavy (non-hydrogen) atoms. The highest BCUT2D eigenvalue weighted by Crippen LogP contribution is 2.14. The zero-order valence-electron chi connectivity index (χ0n) is 11.2. The van der Waals surface area contributed by atoms with Crippen LogP contribution in [0, 0.1) is 5.82 Å². The standard InChI is InChI=1S/C14H23FN2O/c1-3-18-11-10-17(2)9-8-14(16)12-4-6-13(15)7-5-12/h4-7,14H,3,8-11,16H2,1-2H3. The normalized spacial score (nSPS) is 12.9. The molecule has 0 saturated carbocycles. The first kappa shape index (κ1) is 15.1. The molecule has 0 heterocycles. The van der Waals surface area contributed by atoms with Crippen LogP contribution in [0.1, 0.15) is 24.9 Å². The molecule has 0 spiro atoms. The van der Waals surface area contributed by atoms with Crippen molar-refractivity contribution in [2.45, 2.75) is 19.4 Å². The minimum atomic E-state index is -0.222. The van der Waals surface area contributed by atoms with Gasteiger partial charge in [-0.3, -0.25) is 0 Å². The molecule has 1 aromatic rings. The lowest BCUT2D eigenvalue weighted by Gasteiger charge is -2.19. The Morgan fingerprint density at radius 2 is 1.94 bits per heavy atom. The van der Waals surface area contributed by atoms with Crippen LogP contribution in [0.15, 0.2) is 24.3 Å². The summed E-state index contributed by atoms with van der Waals surface area (Å²) in [4.78, 5) is 2.19. The van der Waals surface area contributed by atoms with E-state index in [0.29, 0.717) is 0 Å².